The standard InChI is InChI=1S/C30H35NO8/c1-4-14-31(19-20-10-12-24(13-11-20)36-23-8-6-5-7-9-23)28(34)21-15-22(16-21)29(35)37-26(32)17-25-18-27(33)39-30(2,3)38-25/h5-13,18,21-22,26,32H,4,14-17,19H2,1-3H3. The molecule has 1 fully saturated rings. The number of hydrogen-bond donors (Lipinski definition) is 1. The van der Waals surface area contributed by atoms with Gasteiger partial charge in [-0.1, -0.05) is 37.3 Å². The van der Waals surface area contributed by atoms with Crippen LogP contribution in [-0.4, -0.2) is 46.5 Å². The fourth-order valence-corrected chi connectivity index (χ4v) is 4.63. The molecule has 39 heavy (non-hydrogen) atoms. The first-order chi connectivity index (χ1) is 18.6. The molecule has 1 aliphatic heterocycles. The van der Waals surface area contributed by atoms with Crippen LogP contribution in [0, 0.1) is 11.8 Å². The highest BCUT2D eigenvalue weighted by Crippen LogP contribution is 2.37. The molecule has 0 aromatic heterocycles. The third-order valence-corrected chi connectivity index (χ3v) is 6.53. The highest BCUT2D eigenvalue weighted by molar-refractivity contribution is 5.84. The van der Waals surface area contributed by atoms with Gasteiger partial charge in [0.05, 0.1) is 18.4 Å². The Bertz CT molecular complexity index is 1190. The van der Waals surface area contributed by atoms with E-state index in [0.717, 1.165) is 29.6 Å². The number of para-hydroxylation sites is 1. The van der Waals surface area contributed by atoms with Crippen LogP contribution >= 0.6 is 0 Å². The maximum Gasteiger partial charge on any atom is 0.337 e. The first kappa shape index (κ1) is 28.2. The van der Waals surface area contributed by atoms with Crippen LogP contribution in [0.3, 0.4) is 0 Å². The van der Waals surface area contributed by atoms with Crippen LogP contribution in [0.25, 0.3) is 0 Å². The van der Waals surface area contributed by atoms with Crippen molar-refractivity contribution in [2.75, 3.05) is 6.54 Å². The Morgan fingerprint density at radius 3 is 2.33 bits per heavy atom. The zero-order valence-corrected chi connectivity index (χ0v) is 22.5. The first-order valence-corrected chi connectivity index (χ1v) is 13.2. The average Bonchev–Trinajstić information content (AvgIpc) is 2.83. The molecule has 0 radical (unpaired) electrons. The van der Waals surface area contributed by atoms with Gasteiger partial charge in [-0.15, -0.1) is 0 Å². The number of benzene rings is 2. The van der Waals surface area contributed by atoms with Crippen LogP contribution in [0.5, 0.6) is 11.5 Å². The molecule has 1 unspecified atom stereocenters. The zero-order chi connectivity index (χ0) is 28.0. The van der Waals surface area contributed by atoms with Gasteiger partial charge in [-0.05, 0) is 49.1 Å². The van der Waals surface area contributed by atoms with Gasteiger partial charge in [-0.3, -0.25) is 9.59 Å². The van der Waals surface area contributed by atoms with E-state index in [0.29, 0.717) is 25.9 Å². The average molecular weight is 538 g/mol. The number of carbonyl (C=O) groups is 3. The smallest absolute Gasteiger partial charge is 0.337 e. The van der Waals surface area contributed by atoms with Crippen molar-refractivity contribution in [2.45, 2.75) is 65.1 Å². The molecule has 2 aliphatic rings. The Morgan fingerprint density at radius 1 is 1.03 bits per heavy atom. The van der Waals surface area contributed by atoms with Crippen molar-refractivity contribution in [3.63, 3.8) is 0 Å². The van der Waals surface area contributed by atoms with Crippen molar-refractivity contribution in [2.24, 2.45) is 11.8 Å². The summed E-state index contributed by atoms with van der Waals surface area (Å²) in [7, 11) is 0. The number of cyclic esters (lactones) is 1. The molecule has 1 heterocycles. The predicted octanol–water partition coefficient (Wildman–Crippen LogP) is 4.69. The molecule has 2 aromatic carbocycles. The summed E-state index contributed by atoms with van der Waals surface area (Å²) in [6.45, 7) is 6.24. The molecule has 9 heteroatoms. The second-order valence-corrected chi connectivity index (χ2v) is 10.3. The number of carbonyl (C=O) groups excluding carboxylic acids is 3. The van der Waals surface area contributed by atoms with Crippen molar-refractivity contribution in [1.29, 1.82) is 0 Å². The number of esters is 2. The van der Waals surface area contributed by atoms with Crippen LogP contribution in [-0.2, 0) is 35.1 Å². The van der Waals surface area contributed by atoms with Crippen molar-refractivity contribution in [1.82, 2.24) is 4.90 Å². The largest absolute Gasteiger partial charge is 0.457 e. The monoisotopic (exact) mass is 537 g/mol. The summed E-state index contributed by atoms with van der Waals surface area (Å²) >= 11 is 0. The van der Waals surface area contributed by atoms with E-state index in [1.807, 2.05) is 66.4 Å². The normalized spacial score (nSPS) is 20.4. The maximum absolute atomic E-state index is 13.2. The Morgan fingerprint density at radius 2 is 1.69 bits per heavy atom. The minimum absolute atomic E-state index is 0.00701. The molecule has 0 bridgehead atoms. The molecular formula is C30H35NO8. The fourth-order valence-electron chi connectivity index (χ4n) is 4.63. The second-order valence-electron chi connectivity index (χ2n) is 10.3. The number of aliphatic hydroxyl groups is 1. The predicted molar refractivity (Wildman–Crippen MR) is 141 cm³/mol. The third-order valence-electron chi connectivity index (χ3n) is 6.53. The van der Waals surface area contributed by atoms with E-state index in [1.54, 1.807) is 13.8 Å². The molecule has 0 saturated heterocycles. The molecule has 1 N–H and O–H groups in total. The lowest BCUT2D eigenvalue weighted by Crippen LogP contribution is -2.44. The van der Waals surface area contributed by atoms with Crippen molar-refractivity contribution in [3.8, 4) is 11.5 Å². The van der Waals surface area contributed by atoms with Crippen molar-refractivity contribution < 1.29 is 38.4 Å². The quantitative estimate of drug-likeness (QED) is 0.325. The highest BCUT2D eigenvalue weighted by Gasteiger charge is 2.42. The minimum atomic E-state index is -1.47. The Hall–Kier alpha value is -3.85. The number of aliphatic hydroxyl groups excluding tert-OH is 1. The van der Waals surface area contributed by atoms with E-state index in [-0.39, 0.29) is 24.0 Å². The van der Waals surface area contributed by atoms with E-state index in [1.165, 1.54) is 0 Å². The lowest BCUT2D eigenvalue weighted by atomic mass is 9.74. The number of nitrogens with zero attached hydrogens (tertiary/aromatic N) is 1. The van der Waals surface area contributed by atoms with Crippen LogP contribution in [0.2, 0.25) is 0 Å². The number of ether oxygens (including phenoxy) is 4. The van der Waals surface area contributed by atoms with Gasteiger partial charge in [0.25, 0.3) is 0 Å². The summed E-state index contributed by atoms with van der Waals surface area (Å²) in [5.74, 6) is -1.40. The van der Waals surface area contributed by atoms with Crippen molar-refractivity contribution >= 4 is 17.8 Å². The molecule has 2 aromatic rings. The molecule has 1 amide bonds. The summed E-state index contributed by atoms with van der Waals surface area (Å²) < 4.78 is 21.5. The van der Waals surface area contributed by atoms with Gasteiger partial charge in [0.2, 0.25) is 18.0 Å². The number of rotatable bonds is 11. The van der Waals surface area contributed by atoms with Crippen LogP contribution in [0.15, 0.2) is 66.4 Å². The summed E-state index contributed by atoms with van der Waals surface area (Å²) in [6.07, 6.45) is 1.03. The third kappa shape index (κ3) is 7.83. The van der Waals surface area contributed by atoms with Crippen molar-refractivity contribution in [3.05, 3.63) is 72.0 Å². The minimum Gasteiger partial charge on any atom is -0.457 e. The fraction of sp³-hybridized carbons (Fsp3) is 0.433. The Balaban J connectivity index is 1.25. The number of hydrogen-bond acceptors (Lipinski definition) is 8. The SMILES string of the molecule is CCCN(Cc1ccc(Oc2ccccc2)cc1)C(=O)C1CC(C(=O)OC(O)CC2=CC(=O)OC(C)(C)O2)C1. The van der Waals surface area contributed by atoms with Gasteiger partial charge in [0, 0.05) is 32.9 Å². The summed E-state index contributed by atoms with van der Waals surface area (Å²) in [5, 5.41) is 10.2. The number of amides is 1. The molecule has 1 saturated carbocycles. The summed E-state index contributed by atoms with van der Waals surface area (Å²) in [4.78, 5) is 39.2. The molecular weight excluding hydrogens is 502 g/mol. The van der Waals surface area contributed by atoms with E-state index < -0.39 is 29.9 Å². The van der Waals surface area contributed by atoms with Gasteiger partial charge in [0.1, 0.15) is 17.3 Å². The second kappa shape index (κ2) is 12.3. The van der Waals surface area contributed by atoms with Gasteiger partial charge in [0.15, 0.2) is 0 Å². The molecule has 208 valence electrons. The van der Waals surface area contributed by atoms with Gasteiger partial charge < -0.3 is 29.0 Å². The van der Waals surface area contributed by atoms with Gasteiger partial charge in [-0.2, -0.15) is 0 Å². The molecule has 9 nitrogen and oxygen atoms in total. The Labute approximate surface area is 228 Å². The van der Waals surface area contributed by atoms with Crippen LogP contribution < -0.4 is 4.74 Å². The van der Waals surface area contributed by atoms with E-state index >= 15 is 0 Å². The first-order valence-electron chi connectivity index (χ1n) is 13.2. The van der Waals surface area contributed by atoms with E-state index in [2.05, 4.69) is 0 Å². The van der Waals surface area contributed by atoms with Crippen LogP contribution in [0.1, 0.15) is 52.0 Å². The summed E-state index contributed by atoms with van der Waals surface area (Å²) in [6, 6.07) is 17.2. The topological polar surface area (TPSA) is 112 Å². The Kier molecular flexibility index (Phi) is 8.91. The van der Waals surface area contributed by atoms with Crippen LogP contribution in [0.4, 0.5) is 0 Å². The van der Waals surface area contributed by atoms with E-state index in [4.69, 9.17) is 18.9 Å². The highest BCUT2D eigenvalue weighted by atomic mass is 16.7. The van der Waals surface area contributed by atoms with Gasteiger partial charge >= 0.3 is 11.9 Å². The molecule has 4 rings (SSSR count). The van der Waals surface area contributed by atoms with E-state index in [9.17, 15) is 19.5 Å². The lowest BCUT2D eigenvalue weighted by molar-refractivity contribution is -0.210. The molecule has 0 spiro atoms. The molecule has 1 aliphatic carbocycles. The lowest BCUT2D eigenvalue weighted by Gasteiger charge is -2.36. The maximum atomic E-state index is 13.2. The van der Waals surface area contributed by atoms with Gasteiger partial charge in [-0.25, -0.2) is 4.79 Å². The zero-order valence-electron chi connectivity index (χ0n) is 22.5. The molecule has 1 atom stereocenters. The summed E-state index contributed by atoms with van der Waals surface area (Å²) in [5.41, 5.74) is 0.988.